The molecular formula is C15H24N2O2S. The molecule has 1 aromatic heterocycles. The van der Waals surface area contributed by atoms with Crippen LogP contribution in [0.3, 0.4) is 0 Å². The topological polar surface area (TPSA) is 43.4 Å². The van der Waals surface area contributed by atoms with Crippen LogP contribution in [0.4, 0.5) is 0 Å². The van der Waals surface area contributed by atoms with Gasteiger partial charge in [0.15, 0.2) is 0 Å². The second-order valence-corrected chi connectivity index (χ2v) is 6.74. The molecule has 5 heteroatoms. The highest BCUT2D eigenvalue weighted by Gasteiger charge is 2.38. The van der Waals surface area contributed by atoms with Crippen molar-refractivity contribution < 1.29 is 9.47 Å². The molecule has 1 N–H and O–H groups in total. The highest BCUT2D eigenvalue weighted by atomic mass is 32.1. The fourth-order valence-corrected chi connectivity index (χ4v) is 3.95. The van der Waals surface area contributed by atoms with Gasteiger partial charge in [0.25, 0.3) is 0 Å². The molecule has 20 heavy (non-hydrogen) atoms. The molecule has 0 amide bonds. The number of hydrogen-bond donors (Lipinski definition) is 1. The van der Waals surface area contributed by atoms with E-state index in [9.17, 15) is 0 Å². The highest BCUT2D eigenvalue weighted by molar-refractivity contribution is 7.09. The van der Waals surface area contributed by atoms with Gasteiger partial charge in [-0.2, -0.15) is 0 Å². The van der Waals surface area contributed by atoms with Gasteiger partial charge in [-0.25, -0.2) is 4.98 Å². The molecule has 0 aliphatic carbocycles. The van der Waals surface area contributed by atoms with Gasteiger partial charge in [-0.05, 0) is 32.1 Å². The average molecular weight is 296 g/mol. The van der Waals surface area contributed by atoms with Gasteiger partial charge in [0, 0.05) is 37.8 Å². The van der Waals surface area contributed by atoms with Crippen molar-refractivity contribution in [3.05, 3.63) is 16.1 Å². The van der Waals surface area contributed by atoms with E-state index in [1.807, 2.05) is 0 Å². The third-order valence-corrected chi connectivity index (χ3v) is 5.30. The third-order valence-electron chi connectivity index (χ3n) is 4.40. The molecule has 2 aliphatic rings. The highest BCUT2D eigenvalue weighted by Crippen LogP contribution is 2.34. The Hall–Kier alpha value is -0.490. The first-order chi connectivity index (χ1) is 9.80. The Labute approximate surface area is 124 Å². The van der Waals surface area contributed by atoms with Gasteiger partial charge in [-0.15, -0.1) is 11.3 Å². The maximum atomic E-state index is 6.08. The lowest BCUT2D eigenvalue weighted by Gasteiger charge is -2.43. The van der Waals surface area contributed by atoms with Gasteiger partial charge in [0.05, 0.1) is 11.3 Å². The van der Waals surface area contributed by atoms with Crippen LogP contribution < -0.4 is 5.32 Å². The molecule has 2 aliphatic heterocycles. The zero-order valence-corrected chi connectivity index (χ0v) is 13.0. The van der Waals surface area contributed by atoms with E-state index >= 15 is 0 Å². The van der Waals surface area contributed by atoms with Gasteiger partial charge in [0.1, 0.15) is 5.01 Å². The maximum absolute atomic E-state index is 6.08. The normalized spacial score (nSPS) is 25.9. The molecule has 1 aromatic rings. The van der Waals surface area contributed by atoms with E-state index in [-0.39, 0.29) is 5.60 Å². The quantitative estimate of drug-likeness (QED) is 0.927. The predicted octanol–water partition coefficient (Wildman–Crippen LogP) is 2.52. The van der Waals surface area contributed by atoms with E-state index in [0.29, 0.717) is 6.04 Å². The minimum atomic E-state index is 0.0750. The van der Waals surface area contributed by atoms with Gasteiger partial charge in [-0.3, -0.25) is 0 Å². The van der Waals surface area contributed by atoms with Crippen LogP contribution in [-0.4, -0.2) is 36.4 Å². The van der Waals surface area contributed by atoms with Crippen molar-refractivity contribution in [2.24, 2.45) is 0 Å². The molecule has 1 spiro atoms. The number of thiazole rings is 1. The van der Waals surface area contributed by atoms with Crippen LogP contribution in [0.5, 0.6) is 0 Å². The Balaban J connectivity index is 1.52. The van der Waals surface area contributed by atoms with Crippen LogP contribution >= 0.6 is 11.3 Å². The van der Waals surface area contributed by atoms with Crippen LogP contribution in [0.25, 0.3) is 0 Å². The van der Waals surface area contributed by atoms with Gasteiger partial charge in [0.2, 0.25) is 0 Å². The summed E-state index contributed by atoms with van der Waals surface area (Å²) in [4.78, 5) is 4.62. The number of rotatable bonds is 4. The molecule has 0 unspecified atom stereocenters. The van der Waals surface area contributed by atoms with Gasteiger partial charge in [-0.1, -0.05) is 6.92 Å². The monoisotopic (exact) mass is 296 g/mol. The molecule has 4 nitrogen and oxygen atoms in total. The Morgan fingerprint density at radius 1 is 1.40 bits per heavy atom. The fraction of sp³-hybridized carbons (Fsp3) is 0.800. The average Bonchev–Trinajstić information content (AvgIpc) is 2.94. The third kappa shape index (κ3) is 3.39. The molecule has 3 heterocycles. The molecule has 0 aromatic carbocycles. The SMILES string of the molecule is CCc1csc(CN[C@H]2CCOC3(CCOCC3)C2)n1. The lowest BCUT2D eigenvalue weighted by Crippen LogP contribution is -2.49. The van der Waals surface area contributed by atoms with Crippen molar-refractivity contribution in [1.29, 1.82) is 0 Å². The summed E-state index contributed by atoms with van der Waals surface area (Å²) in [6.07, 6.45) is 5.33. The maximum Gasteiger partial charge on any atom is 0.107 e. The standard InChI is InChI=1S/C15H24N2O2S/c1-2-12-11-20-14(17-12)10-16-13-3-6-19-15(9-13)4-7-18-8-5-15/h11,13,16H,2-10H2,1H3/t13-/m0/s1. The molecule has 0 saturated carbocycles. The molecule has 112 valence electrons. The van der Waals surface area contributed by atoms with Crippen molar-refractivity contribution in [2.45, 2.75) is 57.2 Å². The van der Waals surface area contributed by atoms with Gasteiger partial charge >= 0.3 is 0 Å². The Bertz CT molecular complexity index is 424. The number of aryl methyl sites for hydroxylation is 1. The molecule has 2 saturated heterocycles. The van der Waals surface area contributed by atoms with Crippen LogP contribution in [0.1, 0.15) is 43.3 Å². The number of hydrogen-bond acceptors (Lipinski definition) is 5. The molecule has 0 bridgehead atoms. The van der Waals surface area contributed by atoms with E-state index in [2.05, 4.69) is 22.6 Å². The zero-order valence-electron chi connectivity index (χ0n) is 12.2. The molecule has 1 atom stereocenters. The number of ether oxygens (including phenoxy) is 2. The van der Waals surface area contributed by atoms with Crippen molar-refractivity contribution in [2.75, 3.05) is 19.8 Å². The predicted molar refractivity (Wildman–Crippen MR) is 80.1 cm³/mol. The molecule has 0 radical (unpaired) electrons. The molecular weight excluding hydrogens is 272 g/mol. The van der Waals surface area contributed by atoms with Crippen molar-refractivity contribution >= 4 is 11.3 Å². The second kappa shape index (κ2) is 6.52. The van der Waals surface area contributed by atoms with Crippen molar-refractivity contribution in [1.82, 2.24) is 10.3 Å². The zero-order chi connectivity index (χ0) is 13.8. The first kappa shape index (κ1) is 14.4. The van der Waals surface area contributed by atoms with E-state index in [1.165, 1.54) is 10.7 Å². The summed E-state index contributed by atoms with van der Waals surface area (Å²) in [6, 6.07) is 0.552. The van der Waals surface area contributed by atoms with Crippen LogP contribution in [-0.2, 0) is 22.4 Å². The number of nitrogens with one attached hydrogen (secondary N) is 1. The van der Waals surface area contributed by atoms with E-state index < -0.39 is 0 Å². The second-order valence-electron chi connectivity index (χ2n) is 5.80. The van der Waals surface area contributed by atoms with E-state index in [1.54, 1.807) is 11.3 Å². The molecule has 2 fully saturated rings. The largest absolute Gasteiger partial charge is 0.381 e. The first-order valence-corrected chi connectivity index (χ1v) is 8.56. The summed E-state index contributed by atoms with van der Waals surface area (Å²) in [6.45, 7) is 5.61. The van der Waals surface area contributed by atoms with E-state index in [4.69, 9.17) is 9.47 Å². The minimum absolute atomic E-state index is 0.0750. The van der Waals surface area contributed by atoms with Crippen LogP contribution in [0.15, 0.2) is 5.38 Å². The summed E-state index contributed by atoms with van der Waals surface area (Å²) < 4.78 is 11.5. The lowest BCUT2D eigenvalue weighted by atomic mass is 9.84. The summed E-state index contributed by atoms with van der Waals surface area (Å²) in [5.74, 6) is 0. The Kier molecular flexibility index (Phi) is 4.71. The fourth-order valence-electron chi connectivity index (χ4n) is 3.12. The first-order valence-electron chi connectivity index (χ1n) is 7.68. The van der Waals surface area contributed by atoms with Crippen molar-refractivity contribution in [3.8, 4) is 0 Å². The number of nitrogens with zero attached hydrogens (tertiary/aromatic N) is 1. The van der Waals surface area contributed by atoms with Gasteiger partial charge < -0.3 is 14.8 Å². The Morgan fingerprint density at radius 3 is 3.00 bits per heavy atom. The lowest BCUT2D eigenvalue weighted by molar-refractivity contribution is -0.140. The van der Waals surface area contributed by atoms with E-state index in [0.717, 1.165) is 58.5 Å². The summed E-state index contributed by atoms with van der Waals surface area (Å²) in [5.41, 5.74) is 1.28. The van der Waals surface area contributed by atoms with Crippen LogP contribution in [0, 0.1) is 0 Å². The summed E-state index contributed by atoms with van der Waals surface area (Å²) >= 11 is 1.76. The Morgan fingerprint density at radius 2 is 2.25 bits per heavy atom. The summed E-state index contributed by atoms with van der Waals surface area (Å²) in [7, 11) is 0. The minimum Gasteiger partial charge on any atom is -0.381 e. The smallest absolute Gasteiger partial charge is 0.107 e. The molecule has 3 rings (SSSR count). The number of aromatic nitrogens is 1. The van der Waals surface area contributed by atoms with Crippen LogP contribution in [0.2, 0.25) is 0 Å². The summed E-state index contributed by atoms with van der Waals surface area (Å²) in [5, 5.41) is 7.04. The van der Waals surface area contributed by atoms with Crippen molar-refractivity contribution in [3.63, 3.8) is 0 Å².